The Morgan fingerprint density at radius 1 is 1.00 bits per heavy atom. The van der Waals surface area contributed by atoms with Crippen LogP contribution in [0.5, 0.6) is 5.75 Å². The molecule has 2 atom stereocenters. The van der Waals surface area contributed by atoms with Crippen molar-refractivity contribution in [3.63, 3.8) is 0 Å². The number of ether oxygens (including phenoxy) is 1. The molecule has 0 radical (unpaired) electrons. The summed E-state index contributed by atoms with van der Waals surface area (Å²) in [6.07, 6.45) is 6.68. The monoisotopic (exact) mass is 439 g/mol. The van der Waals surface area contributed by atoms with Gasteiger partial charge in [0.05, 0.1) is 13.2 Å². The van der Waals surface area contributed by atoms with Crippen molar-refractivity contribution in [2.24, 2.45) is 0 Å². The molecule has 0 spiro atoms. The first kappa shape index (κ1) is 21.3. The second-order valence-electron chi connectivity index (χ2n) is 9.14. The molecular formula is C29H29NO3. The molecule has 1 aliphatic carbocycles. The Morgan fingerprint density at radius 2 is 1.70 bits per heavy atom. The predicted molar refractivity (Wildman–Crippen MR) is 132 cm³/mol. The molecule has 3 aromatic rings. The molecule has 1 N–H and O–H groups in total. The van der Waals surface area contributed by atoms with Crippen molar-refractivity contribution in [1.82, 2.24) is 0 Å². The zero-order valence-electron chi connectivity index (χ0n) is 19.1. The van der Waals surface area contributed by atoms with E-state index in [9.17, 15) is 9.90 Å². The lowest BCUT2D eigenvalue weighted by Crippen LogP contribution is -2.42. The lowest BCUT2D eigenvalue weighted by molar-refractivity contribution is -0.134. The third-order valence-corrected chi connectivity index (χ3v) is 6.79. The molecule has 2 unspecified atom stereocenters. The highest BCUT2D eigenvalue weighted by Gasteiger charge is 2.34. The van der Waals surface area contributed by atoms with Crippen LogP contribution in [0.15, 0.2) is 72.8 Å². The van der Waals surface area contributed by atoms with Gasteiger partial charge in [0, 0.05) is 17.8 Å². The average Bonchev–Trinajstić information content (AvgIpc) is 3.68. The van der Waals surface area contributed by atoms with E-state index in [2.05, 4.69) is 59.0 Å². The molecule has 3 aromatic carbocycles. The Balaban J connectivity index is 1.54. The van der Waals surface area contributed by atoms with E-state index in [1.54, 1.807) is 12.1 Å². The predicted octanol–water partition coefficient (Wildman–Crippen LogP) is 6.00. The number of nitrogens with zero attached hydrogens (tertiary/aromatic N) is 1. The molecule has 0 saturated heterocycles. The van der Waals surface area contributed by atoms with Gasteiger partial charge in [-0.15, -0.1) is 0 Å². The highest BCUT2D eigenvalue weighted by Crippen LogP contribution is 2.44. The average molecular weight is 440 g/mol. The maximum absolute atomic E-state index is 11.4. The number of fused-ring (bicyclic) bond motifs is 1. The van der Waals surface area contributed by atoms with Crippen molar-refractivity contribution in [3.05, 3.63) is 101 Å². The van der Waals surface area contributed by atoms with Crippen LogP contribution in [0.25, 0.3) is 6.08 Å². The smallest absolute Gasteiger partial charge is 0.330 e. The lowest BCUT2D eigenvalue weighted by Gasteiger charge is -2.44. The van der Waals surface area contributed by atoms with Crippen molar-refractivity contribution in [3.8, 4) is 5.75 Å². The van der Waals surface area contributed by atoms with Gasteiger partial charge in [-0.1, -0.05) is 42.5 Å². The minimum Gasteiger partial charge on any atom is -0.508 e. The van der Waals surface area contributed by atoms with E-state index in [1.165, 1.54) is 54.0 Å². The summed E-state index contributed by atoms with van der Waals surface area (Å²) in [5, 5.41) is 10.1. The van der Waals surface area contributed by atoms with Gasteiger partial charge in [-0.25, -0.2) is 4.79 Å². The number of carbonyl (C=O) groups excluding carboxylic acids is 1. The number of aromatic hydroxyl groups is 1. The number of hydrogen-bond acceptors (Lipinski definition) is 4. The topological polar surface area (TPSA) is 49.8 Å². The molecule has 0 bridgehead atoms. The summed E-state index contributed by atoms with van der Waals surface area (Å²) in [7, 11) is 1.38. The minimum atomic E-state index is -0.366. The Labute approximate surface area is 195 Å². The normalized spacial score (nSPS) is 20.0. The molecule has 0 aromatic heterocycles. The first-order valence-electron chi connectivity index (χ1n) is 11.6. The number of rotatable bonds is 5. The minimum absolute atomic E-state index is 0.0368. The Bertz CT molecular complexity index is 1180. The van der Waals surface area contributed by atoms with Crippen LogP contribution in [0, 0.1) is 0 Å². The number of esters is 1. The van der Waals surface area contributed by atoms with Crippen LogP contribution in [-0.4, -0.2) is 24.2 Å². The van der Waals surface area contributed by atoms with Gasteiger partial charge in [0.1, 0.15) is 5.75 Å². The van der Waals surface area contributed by atoms with Crippen LogP contribution < -0.4 is 4.90 Å². The molecule has 1 heterocycles. The van der Waals surface area contributed by atoms with Gasteiger partial charge in [0.25, 0.3) is 0 Å². The molecule has 4 heteroatoms. The van der Waals surface area contributed by atoms with E-state index in [1.807, 2.05) is 18.2 Å². The highest BCUT2D eigenvalue weighted by atomic mass is 16.5. The highest BCUT2D eigenvalue weighted by molar-refractivity contribution is 5.86. The van der Waals surface area contributed by atoms with Crippen LogP contribution in [0.2, 0.25) is 0 Å². The van der Waals surface area contributed by atoms with E-state index in [4.69, 9.17) is 0 Å². The second kappa shape index (κ2) is 8.78. The Hall–Kier alpha value is -3.53. The summed E-state index contributed by atoms with van der Waals surface area (Å²) in [5.41, 5.74) is 7.18. The van der Waals surface area contributed by atoms with Crippen molar-refractivity contribution in [1.29, 1.82) is 0 Å². The number of hydrogen-bond donors (Lipinski definition) is 1. The SMILES string of the molecule is COC(=O)/C=C/c1ccc(C2c3ccc(O)cc3CC(C)N2c2ccc(C3CC3)cc2)cc1. The first-order chi connectivity index (χ1) is 16.0. The molecule has 33 heavy (non-hydrogen) atoms. The fourth-order valence-corrected chi connectivity index (χ4v) is 4.96. The Kier molecular flexibility index (Phi) is 5.67. The molecule has 1 fully saturated rings. The molecule has 1 saturated carbocycles. The maximum atomic E-state index is 11.4. The molecular weight excluding hydrogens is 410 g/mol. The van der Waals surface area contributed by atoms with Crippen LogP contribution >= 0.6 is 0 Å². The number of phenols is 1. The Morgan fingerprint density at radius 3 is 2.36 bits per heavy atom. The fourth-order valence-electron chi connectivity index (χ4n) is 4.96. The summed E-state index contributed by atoms with van der Waals surface area (Å²) in [6, 6.07) is 23.4. The van der Waals surface area contributed by atoms with E-state index in [0.29, 0.717) is 5.75 Å². The van der Waals surface area contributed by atoms with Crippen LogP contribution in [-0.2, 0) is 16.0 Å². The van der Waals surface area contributed by atoms with Gasteiger partial charge in [-0.3, -0.25) is 0 Å². The number of carbonyl (C=O) groups is 1. The number of anilines is 1. The number of benzene rings is 3. The summed E-state index contributed by atoms with van der Waals surface area (Å²) < 4.78 is 4.69. The van der Waals surface area contributed by atoms with Gasteiger partial charge in [0.2, 0.25) is 0 Å². The molecule has 1 aliphatic heterocycles. The molecule has 5 rings (SSSR count). The zero-order valence-corrected chi connectivity index (χ0v) is 19.1. The van der Waals surface area contributed by atoms with Gasteiger partial charge in [-0.05, 0) is 90.3 Å². The van der Waals surface area contributed by atoms with Crippen LogP contribution in [0.3, 0.4) is 0 Å². The van der Waals surface area contributed by atoms with Crippen molar-refractivity contribution < 1.29 is 14.6 Å². The van der Waals surface area contributed by atoms with E-state index in [0.717, 1.165) is 17.9 Å². The first-order valence-corrected chi connectivity index (χ1v) is 11.6. The molecule has 2 aliphatic rings. The summed E-state index contributed by atoms with van der Waals surface area (Å²) >= 11 is 0. The van der Waals surface area contributed by atoms with Crippen LogP contribution in [0.1, 0.15) is 59.5 Å². The van der Waals surface area contributed by atoms with Crippen molar-refractivity contribution in [2.45, 2.75) is 44.2 Å². The summed E-state index contributed by atoms with van der Waals surface area (Å²) in [5.74, 6) is 0.683. The van der Waals surface area contributed by atoms with Gasteiger partial charge >= 0.3 is 5.97 Å². The lowest BCUT2D eigenvalue weighted by atomic mass is 9.84. The van der Waals surface area contributed by atoms with Crippen molar-refractivity contribution in [2.75, 3.05) is 12.0 Å². The van der Waals surface area contributed by atoms with Crippen LogP contribution in [0.4, 0.5) is 5.69 Å². The van der Waals surface area contributed by atoms with E-state index < -0.39 is 0 Å². The largest absolute Gasteiger partial charge is 0.508 e. The zero-order chi connectivity index (χ0) is 22.9. The molecule has 0 amide bonds. The number of methoxy groups -OCH3 is 1. The van der Waals surface area contributed by atoms with Gasteiger partial charge < -0.3 is 14.7 Å². The maximum Gasteiger partial charge on any atom is 0.330 e. The number of phenolic OH excluding ortho intramolecular Hbond substituents is 1. The summed E-state index contributed by atoms with van der Waals surface area (Å²) in [6.45, 7) is 2.25. The van der Waals surface area contributed by atoms with E-state index >= 15 is 0 Å². The standard InChI is InChI=1S/C29H29NO3/c1-19-17-24-18-26(31)14-15-27(24)29(23-6-3-20(4-7-23)5-16-28(32)33-2)30(19)25-12-10-22(11-13-25)21-8-9-21/h3-7,10-16,18-19,21,29,31H,8-9,17H2,1-2H3/b16-5+. The van der Waals surface area contributed by atoms with Gasteiger partial charge in [0.15, 0.2) is 0 Å². The third-order valence-electron chi connectivity index (χ3n) is 6.79. The summed E-state index contributed by atoms with van der Waals surface area (Å²) in [4.78, 5) is 13.9. The third kappa shape index (κ3) is 4.38. The van der Waals surface area contributed by atoms with E-state index in [-0.39, 0.29) is 18.1 Å². The van der Waals surface area contributed by atoms with Crippen molar-refractivity contribution >= 4 is 17.7 Å². The fraction of sp³-hybridized carbons (Fsp3) is 0.276. The molecule has 168 valence electrons. The second-order valence-corrected chi connectivity index (χ2v) is 9.14. The molecule has 4 nitrogen and oxygen atoms in total. The van der Waals surface area contributed by atoms with Gasteiger partial charge in [-0.2, -0.15) is 0 Å². The quantitative estimate of drug-likeness (QED) is 0.391.